The molecule has 0 fully saturated rings. The van der Waals surface area contributed by atoms with E-state index in [0.717, 1.165) is 15.3 Å². The molecule has 5 heteroatoms. The van der Waals surface area contributed by atoms with Crippen molar-refractivity contribution in [3.05, 3.63) is 169 Å². The zero-order chi connectivity index (χ0) is 46.9. The molecule has 0 amide bonds. The summed E-state index contributed by atoms with van der Waals surface area (Å²) in [6, 6.07) is 9.52. The Morgan fingerprint density at radius 3 is 1.92 bits per heavy atom. The summed E-state index contributed by atoms with van der Waals surface area (Å²) in [4.78, 5) is 14.0. The van der Waals surface area contributed by atoms with Gasteiger partial charge in [-0.05, 0) is 53.5 Å². The van der Waals surface area contributed by atoms with E-state index in [1.807, 2.05) is 30.3 Å². The lowest BCUT2D eigenvalue weighted by molar-refractivity contribution is 0.669. The Morgan fingerprint density at radius 1 is 0.440 bits per heavy atom. The molecular weight excluding hydrogens is 613 g/mol. The molecule has 7 aromatic carbocycles. The highest BCUT2D eigenvalue weighted by Crippen LogP contribution is 2.36. The van der Waals surface area contributed by atoms with Crippen LogP contribution in [0.3, 0.4) is 0 Å². The molecule has 3 heterocycles. The molecule has 10 rings (SSSR count). The summed E-state index contributed by atoms with van der Waals surface area (Å²) < 4.78 is 150. The van der Waals surface area contributed by atoms with Crippen molar-refractivity contribution in [2.24, 2.45) is 0 Å². The van der Waals surface area contributed by atoms with Crippen LogP contribution in [0.25, 0.3) is 94.7 Å². The molecule has 0 aliphatic carbocycles. The van der Waals surface area contributed by atoms with Crippen LogP contribution in [0, 0.1) is 0 Å². The Morgan fingerprint density at radius 2 is 1.08 bits per heavy atom. The fourth-order valence-corrected chi connectivity index (χ4v) is 5.96. The molecule has 0 saturated heterocycles. The van der Waals surface area contributed by atoms with Gasteiger partial charge in [-0.15, -0.1) is 0 Å². The summed E-state index contributed by atoms with van der Waals surface area (Å²) in [5.74, 6) is 0.00992. The van der Waals surface area contributed by atoms with E-state index in [4.69, 9.17) is 21.7 Å². The maximum atomic E-state index is 9.64. The van der Waals surface area contributed by atoms with E-state index in [-0.39, 0.29) is 28.4 Å². The summed E-state index contributed by atoms with van der Waals surface area (Å²) in [5, 5.41) is 0.959. The number of rotatable bonds is 5. The molecule has 0 atom stereocenters. The van der Waals surface area contributed by atoms with E-state index in [9.17, 15) is 9.60 Å². The molecule has 0 saturated carbocycles. The number of hydrogen-bond acceptors (Lipinski definition) is 4. The predicted molar refractivity (Wildman–Crippen MR) is 203 cm³/mol. The summed E-state index contributed by atoms with van der Waals surface area (Å²) in [6.45, 7) is 0. The summed E-state index contributed by atoms with van der Waals surface area (Å²) in [6.07, 6.45) is 0. The van der Waals surface area contributed by atoms with E-state index in [1.54, 1.807) is 42.5 Å². The van der Waals surface area contributed by atoms with Gasteiger partial charge in [0.2, 0.25) is 0 Å². The zero-order valence-electron chi connectivity index (χ0n) is 41.6. The van der Waals surface area contributed by atoms with Gasteiger partial charge in [-0.3, -0.25) is 0 Å². The van der Waals surface area contributed by atoms with Crippen LogP contribution in [0.4, 0.5) is 0 Å². The first-order valence-corrected chi connectivity index (χ1v) is 15.4. The van der Waals surface area contributed by atoms with Crippen molar-refractivity contribution in [3.63, 3.8) is 0 Å². The molecule has 0 unspecified atom stereocenters. The van der Waals surface area contributed by atoms with Crippen LogP contribution in [-0.2, 0) is 0 Å². The lowest BCUT2D eigenvalue weighted by Crippen LogP contribution is -2.00. The second kappa shape index (κ2) is 11.4. The molecular formula is C45H28N4O. The van der Waals surface area contributed by atoms with Crippen molar-refractivity contribution in [1.29, 1.82) is 0 Å². The van der Waals surface area contributed by atoms with Crippen LogP contribution in [0.2, 0.25) is 0 Å². The summed E-state index contributed by atoms with van der Waals surface area (Å²) >= 11 is 0. The Kier molecular flexibility index (Phi) is 3.76. The zero-order valence-corrected chi connectivity index (χ0v) is 25.6. The minimum atomic E-state index is -0.813. The van der Waals surface area contributed by atoms with E-state index in [1.165, 1.54) is 0 Å². The van der Waals surface area contributed by atoms with Gasteiger partial charge < -0.3 is 8.98 Å². The lowest BCUT2D eigenvalue weighted by atomic mass is 10.0. The second-order valence-corrected chi connectivity index (χ2v) is 11.2. The molecule has 234 valence electrons. The van der Waals surface area contributed by atoms with E-state index in [2.05, 4.69) is 9.97 Å². The van der Waals surface area contributed by atoms with Gasteiger partial charge in [0.15, 0.2) is 17.5 Å². The fourth-order valence-electron chi connectivity index (χ4n) is 5.96. The Labute approximate surface area is 310 Å². The molecule has 3 aromatic heterocycles. The second-order valence-electron chi connectivity index (χ2n) is 11.2. The topological polar surface area (TPSA) is 56.7 Å². The van der Waals surface area contributed by atoms with Gasteiger partial charge in [-0.2, -0.15) is 0 Å². The predicted octanol–water partition coefficient (Wildman–Crippen LogP) is 11.5. The molecule has 5 nitrogen and oxygen atoms in total. The van der Waals surface area contributed by atoms with Crippen molar-refractivity contribution in [2.45, 2.75) is 0 Å². The third-order valence-corrected chi connectivity index (χ3v) is 8.27. The van der Waals surface area contributed by atoms with Crippen LogP contribution < -0.4 is 0 Å². The standard InChI is InChI=1S/C45H28N4O/c1-3-11-30(12-4-1)43-46-44(48-45(47-43)33-24-26-38-37-16-8-10-18-41(37)50-42(38)28-33)31-21-19-29(20-22-31)32-23-25-36-35-15-7-9-17-39(35)49(40(36)27-32)34-13-5-2-6-14-34/h1-28H/i2D,5D,6D,7D,9D,13D,14D,15D,17D,19D,20D,21D,22D,23D,25D,27D. The van der Waals surface area contributed by atoms with Crippen LogP contribution in [-0.4, -0.2) is 19.5 Å². The number of fused-ring (bicyclic) bond motifs is 6. The number of nitrogens with zero attached hydrogens (tertiary/aromatic N) is 4. The van der Waals surface area contributed by atoms with Crippen molar-refractivity contribution in [3.8, 4) is 51.0 Å². The molecule has 10 aromatic rings. The summed E-state index contributed by atoms with van der Waals surface area (Å²) in [5.41, 5.74) is -0.932. The maximum absolute atomic E-state index is 9.64. The van der Waals surface area contributed by atoms with Crippen LogP contribution in [0.5, 0.6) is 0 Å². The third kappa shape index (κ3) is 4.67. The van der Waals surface area contributed by atoms with Gasteiger partial charge in [0.25, 0.3) is 0 Å². The number of aromatic nitrogens is 4. The SMILES string of the molecule is [2H]c1c([2H])c([2H])c(-n2c3c([2H])c([2H])c([2H])c([2H])c3c3c([2H])c([2H])c(-c4c([2H])c([2H])c(-c5nc(-c6ccccc6)nc(-c6ccc7c(c6)oc6ccccc67)n5)c([2H])c4[2H])c([2H])c32)c([2H])c1[2H]. The van der Waals surface area contributed by atoms with Gasteiger partial charge in [-0.1, -0.05) is 127 Å². The highest BCUT2D eigenvalue weighted by atomic mass is 16.3. The molecule has 0 N–H and O–H groups in total. The minimum Gasteiger partial charge on any atom is -0.456 e. The Bertz CT molecular complexity index is 3740. The molecule has 0 radical (unpaired) electrons. The van der Waals surface area contributed by atoms with Gasteiger partial charge >= 0.3 is 0 Å². The normalized spacial score (nSPS) is 16.1. The average Bonchev–Trinajstić information content (AvgIpc) is 3.88. The largest absolute Gasteiger partial charge is 0.456 e. The van der Waals surface area contributed by atoms with Crippen molar-refractivity contribution in [1.82, 2.24) is 19.5 Å². The lowest BCUT2D eigenvalue weighted by Gasteiger charge is -2.10. The minimum absolute atomic E-state index is 0.114. The number of para-hydroxylation sites is 3. The number of benzene rings is 7. The fraction of sp³-hybridized carbons (Fsp3) is 0. The van der Waals surface area contributed by atoms with Gasteiger partial charge in [0.1, 0.15) is 11.2 Å². The Hall–Kier alpha value is -6.85. The summed E-state index contributed by atoms with van der Waals surface area (Å²) in [7, 11) is 0. The molecule has 50 heavy (non-hydrogen) atoms. The Balaban J connectivity index is 1.26. The quantitative estimate of drug-likeness (QED) is 0.185. The molecule has 0 spiro atoms. The highest BCUT2D eigenvalue weighted by molar-refractivity contribution is 6.10. The number of furan rings is 1. The first kappa shape index (κ1) is 16.5. The third-order valence-electron chi connectivity index (χ3n) is 8.27. The monoisotopic (exact) mass is 656 g/mol. The van der Waals surface area contributed by atoms with E-state index in [0.29, 0.717) is 22.3 Å². The molecule has 0 aliphatic heterocycles. The highest BCUT2D eigenvalue weighted by Gasteiger charge is 2.16. The first-order chi connectivity index (χ1) is 31.4. The van der Waals surface area contributed by atoms with Crippen molar-refractivity contribution in [2.75, 3.05) is 0 Å². The number of hydrogen-bond donors (Lipinski definition) is 0. The maximum Gasteiger partial charge on any atom is 0.164 e. The van der Waals surface area contributed by atoms with Gasteiger partial charge in [0.05, 0.1) is 33.0 Å². The molecule has 0 bridgehead atoms. The van der Waals surface area contributed by atoms with Gasteiger partial charge in [-0.25, -0.2) is 15.0 Å². The van der Waals surface area contributed by atoms with Crippen LogP contribution in [0.1, 0.15) is 21.9 Å². The smallest absolute Gasteiger partial charge is 0.164 e. The van der Waals surface area contributed by atoms with Crippen molar-refractivity contribution >= 4 is 43.7 Å². The average molecular weight is 657 g/mol. The van der Waals surface area contributed by atoms with Crippen LogP contribution >= 0.6 is 0 Å². The van der Waals surface area contributed by atoms with E-state index < -0.39 is 130 Å². The van der Waals surface area contributed by atoms with Gasteiger partial charge in [0, 0.05) is 43.9 Å². The van der Waals surface area contributed by atoms with Crippen LogP contribution in [0.15, 0.2) is 174 Å². The van der Waals surface area contributed by atoms with Crippen molar-refractivity contribution < 1.29 is 26.3 Å². The van der Waals surface area contributed by atoms with E-state index >= 15 is 0 Å². The molecule has 0 aliphatic rings. The first-order valence-electron chi connectivity index (χ1n) is 23.4.